The number of aromatic nitrogens is 2. The highest BCUT2D eigenvalue weighted by atomic mass is 16.6. The normalized spacial score (nSPS) is 22.7. The summed E-state index contributed by atoms with van der Waals surface area (Å²) in [5, 5.41) is 20.9. The number of benzene rings is 2. The molecule has 1 aliphatic carbocycles. The Bertz CT molecular complexity index is 1140. The van der Waals surface area contributed by atoms with Crippen molar-refractivity contribution in [3.8, 4) is 5.88 Å². The third-order valence-corrected chi connectivity index (χ3v) is 6.37. The van der Waals surface area contributed by atoms with Crippen molar-refractivity contribution < 1.29 is 24.5 Å². The number of aliphatic hydroxyl groups excluding tert-OH is 2. The minimum atomic E-state index is -0.942. The van der Waals surface area contributed by atoms with Crippen molar-refractivity contribution in [2.45, 2.75) is 37.8 Å². The Balaban J connectivity index is 1.26. The van der Waals surface area contributed by atoms with Crippen molar-refractivity contribution in [2.24, 2.45) is 0 Å². The molecule has 1 amide bonds. The summed E-state index contributed by atoms with van der Waals surface area (Å²) in [5.41, 5.74) is 1.69. The molecule has 1 aliphatic heterocycles. The number of hydrogen-bond acceptors (Lipinski definition) is 8. The number of ether oxygens (including phenoxy) is 2. The number of piperazine rings is 1. The molecule has 5 rings (SSSR count). The van der Waals surface area contributed by atoms with Gasteiger partial charge in [0.15, 0.2) is 0 Å². The van der Waals surface area contributed by atoms with E-state index in [4.69, 9.17) is 14.5 Å². The molecule has 0 spiro atoms. The number of hydrogen-bond donors (Lipinski definition) is 2. The Morgan fingerprint density at radius 3 is 2.41 bits per heavy atom. The standard InChI is InChI=1S/C25H28N4O5/c30-20-10-11-21(22(20)31)34-23-18-8-4-5-9-19(18)26-24(27-23)28-12-14-29(15-13-28)25(32)33-16-17-6-2-1-3-7-17/h1-9,20-22,30-31H,10-16H2/t20-,21?,22+/m1/s1. The van der Waals surface area contributed by atoms with Crippen molar-refractivity contribution in [3.63, 3.8) is 0 Å². The number of rotatable bonds is 5. The molecular weight excluding hydrogens is 436 g/mol. The summed E-state index contributed by atoms with van der Waals surface area (Å²) in [5.74, 6) is 0.905. The minimum Gasteiger partial charge on any atom is -0.471 e. The lowest BCUT2D eigenvalue weighted by atomic mass is 10.2. The van der Waals surface area contributed by atoms with Crippen LogP contribution in [0.15, 0.2) is 54.6 Å². The largest absolute Gasteiger partial charge is 0.471 e. The average molecular weight is 465 g/mol. The molecule has 1 unspecified atom stereocenters. The Hall–Kier alpha value is -3.43. The highest BCUT2D eigenvalue weighted by Gasteiger charge is 2.36. The molecule has 2 aromatic carbocycles. The molecule has 3 atom stereocenters. The summed E-state index contributed by atoms with van der Waals surface area (Å²) in [6.45, 7) is 2.35. The second kappa shape index (κ2) is 9.82. The predicted octanol–water partition coefficient (Wildman–Crippen LogP) is 2.35. The van der Waals surface area contributed by atoms with E-state index in [-0.39, 0.29) is 12.7 Å². The van der Waals surface area contributed by atoms with Gasteiger partial charge in [-0.1, -0.05) is 42.5 Å². The fraction of sp³-hybridized carbons (Fsp3) is 0.400. The number of carbonyl (C=O) groups excluding carboxylic acids is 1. The topological polar surface area (TPSA) is 108 Å². The van der Waals surface area contributed by atoms with Gasteiger partial charge in [0.1, 0.15) is 18.8 Å². The van der Waals surface area contributed by atoms with E-state index >= 15 is 0 Å². The SMILES string of the molecule is O=C(OCc1ccccc1)N1CCN(c2nc(OC3CC[C@@H](O)[C@@H]3O)c3ccccc3n2)CC1. The molecule has 34 heavy (non-hydrogen) atoms. The van der Waals surface area contributed by atoms with Crippen LogP contribution in [0, 0.1) is 0 Å². The van der Waals surface area contributed by atoms with Crippen molar-refractivity contribution >= 4 is 22.9 Å². The number of nitrogens with zero attached hydrogens (tertiary/aromatic N) is 4. The van der Waals surface area contributed by atoms with Crippen molar-refractivity contribution in [1.29, 1.82) is 0 Å². The van der Waals surface area contributed by atoms with Crippen LogP contribution in [0.4, 0.5) is 10.7 Å². The molecule has 2 fully saturated rings. The summed E-state index contributed by atoms with van der Waals surface area (Å²) in [7, 11) is 0. The molecule has 2 N–H and O–H groups in total. The zero-order valence-corrected chi connectivity index (χ0v) is 18.8. The fourth-order valence-corrected chi connectivity index (χ4v) is 4.36. The monoisotopic (exact) mass is 464 g/mol. The van der Waals surface area contributed by atoms with Gasteiger partial charge < -0.3 is 29.5 Å². The summed E-state index contributed by atoms with van der Waals surface area (Å²) >= 11 is 0. The molecular formula is C25H28N4O5. The van der Waals surface area contributed by atoms with E-state index in [0.717, 1.165) is 16.5 Å². The zero-order chi connectivity index (χ0) is 23.5. The maximum atomic E-state index is 12.5. The average Bonchev–Trinajstić information content (AvgIpc) is 3.20. The minimum absolute atomic E-state index is 0.246. The van der Waals surface area contributed by atoms with E-state index in [9.17, 15) is 15.0 Å². The third-order valence-electron chi connectivity index (χ3n) is 6.37. The van der Waals surface area contributed by atoms with E-state index in [1.807, 2.05) is 59.5 Å². The van der Waals surface area contributed by atoms with Crippen LogP contribution >= 0.6 is 0 Å². The van der Waals surface area contributed by atoms with E-state index in [1.54, 1.807) is 4.90 Å². The first kappa shape index (κ1) is 22.4. The molecule has 1 saturated carbocycles. The van der Waals surface area contributed by atoms with Crippen LogP contribution in [0.2, 0.25) is 0 Å². The molecule has 0 bridgehead atoms. The van der Waals surface area contributed by atoms with Gasteiger partial charge in [-0.25, -0.2) is 9.78 Å². The summed E-state index contributed by atoms with van der Waals surface area (Å²) in [6.07, 6.45) is -1.53. The number of aliphatic hydroxyl groups is 2. The molecule has 1 saturated heterocycles. The van der Waals surface area contributed by atoms with E-state index < -0.39 is 18.3 Å². The predicted molar refractivity (Wildman–Crippen MR) is 126 cm³/mol. The van der Waals surface area contributed by atoms with Crippen LogP contribution in [-0.4, -0.2) is 75.7 Å². The first-order valence-electron chi connectivity index (χ1n) is 11.6. The van der Waals surface area contributed by atoms with Gasteiger partial charge in [-0.15, -0.1) is 0 Å². The molecule has 9 nitrogen and oxygen atoms in total. The molecule has 2 aliphatic rings. The van der Waals surface area contributed by atoms with Crippen LogP contribution < -0.4 is 9.64 Å². The highest BCUT2D eigenvalue weighted by molar-refractivity contribution is 5.84. The number of amides is 1. The molecule has 3 aromatic rings. The van der Waals surface area contributed by atoms with Crippen LogP contribution in [-0.2, 0) is 11.3 Å². The van der Waals surface area contributed by atoms with Crippen molar-refractivity contribution in [3.05, 3.63) is 60.2 Å². The van der Waals surface area contributed by atoms with Crippen molar-refractivity contribution in [2.75, 3.05) is 31.1 Å². The highest BCUT2D eigenvalue weighted by Crippen LogP contribution is 2.30. The van der Waals surface area contributed by atoms with Crippen LogP contribution in [0.1, 0.15) is 18.4 Å². The van der Waals surface area contributed by atoms with Gasteiger partial charge in [-0.05, 0) is 30.5 Å². The number of para-hydroxylation sites is 1. The van der Waals surface area contributed by atoms with E-state index in [1.165, 1.54) is 0 Å². The lowest BCUT2D eigenvalue weighted by Gasteiger charge is -2.34. The van der Waals surface area contributed by atoms with Crippen molar-refractivity contribution in [1.82, 2.24) is 14.9 Å². The van der Waals surface area contributed by atoms with Gasteiger partial charge in [-0.2, -0.15) is 4.98 Å². The molecule has 2 heterocycles. The van der Waals surface area contributed by atoms with Crippen LogP contribution in [0.5, 0.6) is 5.88 Å². The number of fused-ring (bicyclic) bond motifs is 1. The maximum Gasteiger partial charge on any atom is 0.410 e. The quantitative estimate of drug-likeness (QED) is 0.593. The number of anilines is 1. The summed E-state index contributed by atoms with van der Waals surface area (Å²) < 4.78 is 11.5. The Morgan fingerprint density at radius 1 is 0.941 bits per heavy atom. The Labute approximate surface area is 197 Å². The van der Waals surface area contributed by atoms with Gasteiger partial charge in [0.25, 0.3) is 0 Å². The van der Waals surface area contributed by atoms with Gasteiger partial charge in [0.05, 0.1) is 17.0 Å². The molecule has 9 heteroatoms. The maximum absolute atomic E-state index is 12.5. The molecule has 1 aromatic heterocycles. The first-order valence-corrected chi connectivity index (χ1v) is 11.6. The van der Waals surface area contributed by atoms with E-state index in [0.29, 0.717) is 50.8 Å². The Kier molecular flexibility index (Phi) is 6.46. The van der Waals surface area contributed by atoms with Gasteiger partial charge in [0.2, 0.25) is 11.8 Å². The van der Waals surface area contributed by atoms with Crippen LogP contribution in [0.3, 0.4) is 0 Å². The fourth-order valence-electron chi connectivity index (χ4n) is 4.36. The number of carbonyl (C=O) groups is 1. The summed E-state index contributed by atoms with van der Waals surface area (Å²) in [6, 6.07) is 17.2. The second-order valence-electron chi connectivity index (χ2n) is 8.65. The van der Waals surface area contributed by atoms with Gasteiger partial charge in [-0.3, -0.25) is 0 Å². The third kappa shape index (κ3) is 4.76. The zero-order valence-electron chi connectivity index (χ0n) is 18.8. The lowest BCUT2D eigenvalue weighted by molar-refractivity contribution is -0.00958. The molecule has 0 radical (unpaired) electrons. The first-order chi connectivity index (χ1) is 16.6. The van der Waals surface area contributed by atoms with Gasteiger partial charge in [0, 0.05) is 26.2 Å². The van der Waals surface area contributed by atoms with Crippen LogP contribution in [0.25, 0.3) is 10.9 Å². The second-order valence-corrected chi connectivity index (χ2v) is 8.65. The smallest absolute Gasteiger partial charge is 0.410 e. The lowest BCUT2D eigenvalue weighted by Crippen LogP contribution is -2.49. The van der Waals surface area contributed by atoms with E-state index in [2.05, 4.69) is 4.98 Å². The summed E-state index contributed by atoms with van der Waals surface area (Å²) in [4.78, 5) is 25.5. The molecule has 178 valence electrons. The Morgan fingerprint density at radius 2 is 1.68 bits per heavy atom. The van der Waals surface area contributed by atoms with Gasteiger partial charge >= 0.3 is 6.09 Å².